The minimum Gasteiger partial charge on any atom is -0.323 e. The lowest BCUT2D eigenvalue weighted by atomic mass is 10.2. The van der Waals surface area contributed by atoms with Gasteiger partial charge in [-0.2, -0.15) is 0 Å². The predicted octanol–water partition coefficient (Wildman–Crippen LogP) is 3.31. The van der Waals surface area contributed by atoms with Gasteiger partial charge in [-0.1, -0.05) is 17.7 Å². The molecule has 9 heteroatoms. The zero-order valence-electron chi connectivity index (χ0n) is 12.0. The molecule has 0 heterocycles. The lowest BCUT2D eigenvalue weighted by Crippen LogP contribution is -2.24. The number of nitrogens with one attached hydrogen (secondary N) is 1. The summed E-state index contributed by atoms with van der Waals surface area (Å²) in [6.07, 6.45) is 0. The highest BCUT2D eigenvalue weighted by atomic mass is 35.5. The number of hydrogen-bond acceptors (Lipinski definition) is 3. The van der Waals surface area contributed by atoms with Crippen molar-refractivity contribution in [1.82, 2.24) is 0 Å². The standard InChI is InChI=1S/C15H11ClF3NO3S/c16-11-2-1-3-12(18)10(11)7-24(22,23)8-15(21)20-14-5-4-9(17)6-13(14)19/h1-6H,7-8H2,(H,20,21). The third kappa shape index (κ3) is 4.72. The topological polar surface area (TPSA) is 63.2 Å². The Morgan fingerprint density at radius 2 is 1.79 bits per heavy atom. The highest BCUT2D eigenvalue weighted by molar-refractivity contribution is 7.91. The van der Waals surface area contributed by atoms with Gasteiger partial charge in [-0.05, 0) is 24.3 Å². The van der Waals surface area contributed by atoms with Crippen LogP contribution in [0.1, 0.15) is 5.56 Å². The third-order valence-electron chi connectivity index (χ3n) is 2.98. The van der Waals surface area contributed by atoms with Crippen molar-refractivity contribution in [2.24, 2.45) is 0 Å². The molecule has 0 aliphatic rings. The third-order valence-corrected chi connectivity index (χ3v) is 4.77. The van der Waals surface area contributed by atoms with Gasteiger partial charge < -0.3 is 5.32 Å². The summed E-state index contributed by atoms with van der Waals surface area (Å²) in [5.41, 5.74) is -0.611. The second kappa shape index (κ2) is 7.23. The Hall–Kier alpha value is -2.06. The first-order valence-electron chi connectivity index (χ1n) is 6.56. The fourth-order valence-corrected chi connectivity index (χ4v) is 3.53. The van der Waals surface area contributed by atoms with Crippen molar-refractivity contribution in [1.29, 1.82) is 0 Å². The number of sulfone groups is 1. The zero-order valence-corrected chi connectivity index (χ0v) is 13.6. The van der Waals surface area contributed by atoms with Crippen molar-refractivity contribution in [3.8, 4) is 0 Å². The maximum Gasteiger partial charge on any atom is 0.239 e. The van der Waals surface area contributed by atoms with Gasteiger partial charge in [-0.3, -0.25) is 4.79 Å². The average Bonchev–Trinajstić information content (AvgIpc) is 2.45. The van der Waals surface area contributed by atoms with Crippen molar-refractivity contribution in [3.63, 3.8) is 0 Å². The molecule has 0 aromatic heterocycles. The van der Waals surface area contributed by atoms with Gasteiger partial charge in [0.1, 0.15) is 23.2 Å². The Morgan fingerprint density at radius 3 is 2.42 bits per heavy atom. The Labute approximate surface area is 141 Å². The van der Waals surface area contributed by atoms with Crippen molar-refractivity contribution < 1.29 is 26.4 Å². The van der Waals surface area contributed by atoms with Crippen LogP contribution in [0.4, 0.5) is 18.9 Å². The van der Waals surface area contributed by atoms with E-state index in [-0.39, 0.29) is 16.3 Å². The number of amides is 1. The monoisotopic (exact) mass is 377 g/mol. The van der Waals surface area contributed by atoms with Crippen LogP contribution in [-0.4, -0.2) is 20.1 Å². The van der Waals surface area contributed by atoms with E-state index in [0.717, 1.165) is 18.2 Å². The molecule has 0 aliphatic carbocycles. The summed E-state index contributed by atoms with van der Waals surface area (Å²) >= 11 is 5.75. The quantitative estimate of drug-likeness (QED) is 0.869. The molecule has 4 nitrogen and oxygen atoms in total. The van der Waals surface area contributed by atoms with E-state index in [2.05, 4.69) is 0 Å². The molecule has 0 saturated heterocycles. The van der Waals surface area contributed by atoms with Crippen LogP contribution in [0.2, 0.25) is 5.02 Å². The predicted molar refractivity (Wildman–Crippen MR) is 83.9 cm³/mol. The molecular weight excluding hydrogens is 367 g/mol. The molecule has 0 atom stereocenters. The summed E-state index contributed by atoms with van der Waals surface area (Å²) < 4.78 is 63.8. The molecule has 24 heavy (non-hydrogen) atoms. The van der Waals surface area contributed by atoms with E-state index in [1.807, 2.05) is 5.32 Å². The molecule has 0 aliphatic heterocycles. The number of carbonyl (C=O) groups is 1. The number of rotatable bonds is 5. The Balaban J connectivity index is 2.10. The normalized spacial score (nSPS) is 11.3. The second-order valence-electron chi connectivity index (χ2n) is 4.90. The zero-order chi connectivity index (χ0) is 17.9. The van der Waals surface area contributed by atoms with E-state index in [1.165, 1.54) is 12.1 Å². The fourth-order valence-electron chi connectivity index (χ4n) is 1.92. The number of carbonyl (C=O) groups excluding carboxylic acids is 1. The molecule has 1 N–H and O–H groups in total. The van der Waals surface area contributed by atoms with Crippen molar-refractivity contribution in [2.45, 2.75) is 5.75 Å². The number of halogens is 4. The minimum absolute atomic E-state index is 0.0800. The molecule has 0 saturated carbocycles. The highest BCUT2D eigenvalue weighted by Crippen LogP contribution is 2.22. The van der Waals surface area contributed by atoms with Gasteiger partial charge in [-0.15, -0.1) is 0 Å². The van der Waals surface area contributed by atoms with E-state index in [1.54, 1.807) is 0 Å². The summed E-state index contributed by atoms with van der Waals surface area (Å²) in [6.45, 7) is 0. The molecule has 0 unspecified atom stereocenters. The molecule has 128 valence electrons. The van der Waals surface area contributed by atoms with Gasteiger partial charge in [-0.25, -0.2) is 21.6 Å². The summed E-state index contributed by atoms with van der Waals surface area (Å²) in [6, 6.07) is 6.10. The van der Waals surface area contributed by atoms with Gasteiger partial charge >= 0.3 is 0 Å². The summed E-state index contributed by atoms with van der Waals surface area (Å²) in [7, 11) is -4.05. The molecule has 2 aromatic carbocycles. The molecule has 0 spiro atoms. The molecule has 0 radical (unpaired) electrons. The van der Waals surface area contributed by atoms with Crippen molar-refractivity contribution >= 4 is 33.0 Å². The average molecular weight is 378 g/mol. The molecule has 2 rings (SSSR count). The summed E-state index contributed by atoms with van der Waals surface area (Å²) in [5.74, 6) is -5.51. The Morgan fingerprint density at radius 1 is 1.08 bits per heavy atom. The Bertz CT molecular complexity index is 867. The molecule has 0 bridgehead atoms. The lowest BCUT2D eigenvalue weighted by Gasteiger charge is -2.09. The van der Waals surface area contributed by atoms with E-state index in [9.17, 15) is 26.4 Å². The smallest absolute Gasteiger partial charge is 0.239 e. The molecule has 2 aromatic rings. The van der Waals surface area contributed by atoms with E-state index in [0.29, 0.717) is 6.07 Å². The van der Waals surface area contributed by atoms with Gasteiger partial charge in [0, 0.05) is 16.7 Å². The van der Waals surface area contributed by atoms with Crippen molar-refractivity contribution in [3.05, 3.63) is 64.4 Å². The van der Waals surface area contributed by atoms with Gasteiger partial charge in [0.2, 0.25) is 5.91 Å². The minimum atomic E-state index is -4.05. The van der Waals surface area contributed by atoms with Crippen LogP contribution in [0.25, 0.3) is 0 Å². The number of hydrogen-bond donors (Lipinski definition) is 1. The van der Waals surface area contributed by atoms with Crippen LogP contribution in [0.3, 0.4) is 0 Å². The largest absolute Gasteiger partial charge is 0.323 e. The SMILES string of the molecule is O=C(CS(=O)(=O)Cc1c(F)cccc1Cl)Nc1ccc(F)cc1F. The summed E-state index contributed by atoms with van der Waals surface area (Å²) in [4.78, 5) is 11.7. The van der Waals surface area contributed by atoms with E-state index < -0.39 is 44.7 Å². The van der Waals surface area contributed by atoms with Crippen LogP contribution in [0.5, 0.6) is 0 Å². The fraction of sp³-hybridized carbons (Fsp3) is 0.133. The first kappa shape index (κ1) is 18.3. The number of anilines is 1. The molecule has 1 amide bonds. The summed E-state index contributed by atoms with van der Waals surface area (Å²) in [5, 5.41) is 1.94. The maximum atomic E-state index is 13.6. The van der Waals surface area contributed by atoms with E-state index in [4.69, 9.17) is 11.6 Å². The maximum absolute atomic E-state index is 13.6. The molecule has 0 fully saturated rings. The Kier molecular flexibility index (Phi) is 5.51. The van der Waals surface area contributed by atoms with Crippen LogP contribution in [0, 0.1) is 17.5 Å². The van der Waals surface area contributed by atoms with Crippen molar-refractivity contribution in [2.75, 3.05) is 11.1 Å². The van der Waals surface area contributed by atoms with Crippen LogP contribution in [-0.2, 0) is 20.4 Å². The first-order valence-corrected chi connectivity index (χ1v) is 8.76. The van der Waals surface area contributed by atoms with Gasteiger partial charge in [0.05, 0.1) is 11.4 Å². The molecular formula is C15H11ClF3NO3S. The van der Waals surface area contributed by atoms with E-state index >= 15 is 0 Å². The first-order chi connectivity index (χ1) is 11.2. The van der Waals surface area contributed by atoms with Crippen LogP contribution in [0.15, 0.2) is 36.4 Å². The second-order valence-corrected chi connectivity index (χ2v) is 7.38. The van der Waals surface area contributed by atoms with Crippen LogP contribution < -0.4 is 5.32 Å². The van der Waals surface area contributed by atoms with Gasteiger partial charge in [0.15, 0.2) is 9.84 Å². The number of benzene rings is 2. The van der Waals surface area contributed by atoms with Crippen LogP contribution >= 0.6 is 11.6 Å². The van der Waals surface area contributed by atoms with Gasteiger partial charge in [0.25, 0.3) is 0 Å². The highest BCUT2D eigenvalue weighted by Gasteiger charge is 2.21. The lowest BCUT2D eigenvalue weighted by molar-refractivity contribution is -0.113.